The molecule has 0 radical (unpaired) electrons. The lowest BCUT2D eigenvalue weighted by atomic mass is 10.2. The molecule has 1 saturated heterocycles. The Kier molecular flexibility index (Phi) is 4.03. The van der Waals surface area contributed by atoms with Crippen LogP contribution in [0.15, 0.2) is 0 Å². The van der Waals surface area contributed by atoms with E-state index in [1.807, 2.05) is 0 Å². The summed E-state index contributed by atoms with van der Waals surface area (Å²) in [5.74, 6) is 5.95. The van der Waals surface area contributed by atoms with Gasteiger partial charge >= 0.3 is 0 Å². The van der Waals surface area contributed by atoms with Crippen molar-refractivity contribution >= 4 is 0 Å². The van der Waals surface area contributed by atoms with Crippen molar-refractivity contribution in [2.24, 2.45) is 0 Å². The molecule has 0 aromatic carbocycles. The molecule has 1 heterocycles. The van der Waals surface area contributed by atoms with E-state index < -0.39 is 0 Å². The Morgan fingerprint density at radius 1 is 1.36 bits per heavy atom. The molecule has 0 spiro atoms. The molecule has 0 atom stereocenters. The molecular formula is C9H14O2. The third-order valence-corrected chi connectivity index (χ3v) is 1.50. The molecule has 0 aromatic heterocycles. The smallest absolute Gasteiger partial charge is 0.222 e. The van der Waals surface area contributed by atoms with Crippen LogP contribution in [-0.4, -0.2) is 19.5 Å². The van der Waals surface area contributed by atoms with E-state index in [1.54, 1.807) is 0 Å². The average molecular weight is 154 g/mol. The fourth-order valence-electron chi connectivity index (χ4n) is 0.862. The summed E-state index contributed by atoms with van der Waals surface area (Å²) in [5.41, 5.74) is 0. The summed E-state index contributed by atoms with van der Waals surface area (Å²) in [5, 5.41) is 0. The summed E-state index contributed by atoms with van der Waals surface area (Å²) in [4.78, 5) is 0. The van der Waals surface area contributed by atoms with Crippen molar-refractivity contribution in [3.05, 3.63) is 0 Å². The van der Waals surface area contributed by atoms with E-state index in [4.69, 9.17) is 9.47 Å². The van der Waals surface area contributed by atoms with Gasteiger partial charge in [0.05, 0.1) is 13.2 Å². The van der Waals surface area contributed by atoms with Crippen LogP contribution < -0.4 is 0 Å². The van der Waals surface area contributed by atoms with Crippen LogP contribution in [0.5, 0.6) is 0 Å². The van der Waals surface area contributed by atoms with Crippen LogP contribution in [0.1, 0.15) is 26.2 Å². The summed E-state index contributed by atoms with van der Waals surface area (Å²) >= 11 is 0. The average Bonchev–Trinajstić information content (AvgIpc) is 2.50. The first kappa shape index (κ1) is 8.58. The van der Waals surface area contributed by atoms with E-state index in [0.29, 0.717) is 13.2 Å². The van der Waals surface area contributed by atoms with Crippen molar-refractivity contribution in [3.8, 4) is 11.8 Å². The maximum atomic E-state index is 5.14. The number of hydrogen-bond donors (Lipinski definition) is 0. The molecule has 1 rings (SSSR count). The molecule has 0 N–H and O–H groups in total. The van der Waals surface area contributed by atoms with Gasteiger partial charge in [-0.05, 0) is 12.3 Å². The minimum Gasteiger partial charge on any atom is -0.340 e. The van der Waals surface area contributed by atoms with Gasteiger partial charge in [0.25, 0.3) is 0 Å². The van der Waals surface area contributed by atoms with Gasteiger partial charge in [0.2, 0.25) is 6.29 Å². The highest BCUT2D eigenvalue weighted by Gasteiger charge is 2.11. The van der Waals surface area contributed by atoms with Crippen molar-refractivity contribution < 1.29 is 9.47 Å². The molecule has 2 nitrogen and oxygen atoms in total. The van der Waals surface area contributed by atoms with Gasteiger partial charge in [-0.1, -0.05) is 19.3 Å². The second-order valence-corrected chi connectivity index (χ2v) is 2.50. The Labute approximate surface area is 67.9 Å². The fourth-order valence-corrected chi connectivity index (χ4v) is 0.862. The van der Waals surface area contributed by atoms with Crippen LogP contribution in [-0.2, 0) is 9.47 Å². The predicted octanol–water partition coefficient (Wildman–Crippen LogP) is 1.55. The maximum absolute atomic E-state index is 5.14. The fraction of sp³-hybridized carbons (Fsp3) is 0.778. The maximum Gasteiger partial charge on any atom is 0.222 e. The number of hydrogen-bond acceptors (Lipinski definition) is 2. The van der Waals surface area contributed by atoms with Crippen molar-refractivity contribution in [1.29, 1.82) is 0 Å². The first-order valence-electron chi connectivity index (χ1n) is 4.15. The zero-order valence-electron chi connectivity index (χ0n) is 6.93. The van der Waals surface area contributed by atoms with Crippen LogP contribution in [0.25, 0.3) is 0 Å². The largest absolute Gasteiger partial charge is 0.340 e. The Morgan fingerprint density at radius 2 is 2.09 bits per heavy atom. The molecule has 1 aliphatic rings. The quantitative estimate of drug-likeness (QED) is 0.444. The summed E-state index contributed by atoms with van der Waals surface area (Å²) in [7, 11) is 0. The minimum atomic E-state index is -0.244. The monoisotopic (exact) mass is 154 g/mol. The van der Waals surface area contributed by atoms with Gasteiger partial charge in [-0.15, -0.1) is 0 Å². The third-order valence-electron chi connectivity index (χ3n) is 1.50. The lowest BCUT2D eigenvalue weighted by Gasteiger charge is -1.96. The second kappa shape index (κ2) is 5.17. The van der Waals surface area contributed by atoms with Gasteiger partial charge in [-0.3, -0.25) is 0 Å². The summed E-state index contributed by atoms with van der Waals surface area (Å²) in [6, 6.07) is 0. The Hall–Kier alpha value is -0.520. The number of unbranched alkanes of at least 4 members (excludes halogenated alkanes) is 2. The van der Waals surface area contributed by atoms with E-state index in [-0.39, 0.29) is 6.29 Å². The molecule has 2 heteroatoms. The summed E-state index contributed by atoms with van der Waals surface area (Å²) in [6.07, 6.45) is 3.08. The van der Waals surface area contributed by atoms with Crippen LogP contribution in [0.4, 0.5) is 0 Å². The van der Waals surface area contributed by atoms with Crippen LogP contribution in [0, 0.1) is 11.8 Å². The zero-order valence-corrected chi connectivity index (χ0v) is 6.93. The molecule has 1 fully saturated rings. The van der Waals surface area contributed by atoms with Gasteiger partial charge < -0.3 is 9.47 Å². The van der Waals surface area contributed by atoms with Crippen LogP contribution in [0.2, 0.25) is 0 Å². The normalized spacial score (nSPS) is 17.9. The lowest BCUT2D eigenvalue weighted by molar-refractivity contribution is 0.00638. The Morgan fingerprint density at radius 3 is 2.73 bits per heavy atom. The van der Waals surface area contributed by atoms with Crippen LogP contribution in [0.3, 0.4) is 0 Å². The molecule has 0 bridgehead atoms. The molecule has 0 saturated carbocycles. The van der Waals surface area contributed by atoms with Crippen molar-refractivity contribution in [1.82, 2.24) is 0 Å². The highest BCUT2D eigenvalue weighted by Crippen LogP contribution is 2.01. The molecule has 0 unspecified atom stereocenters. The summed E-state index contributed by atoms with van der Waals surface area (Å²) in [6.45, 7) is 3.53. The van der Waals surface area contributed by atoms with E-state index >= 15 is 0 Å². The van der Waals surface area contributed by atoms with E-state index in [9.17, 15) is 0 Å². The van der Waals surface area contributed by atoms with E-state index in [0.717, 1.165) is 6.42 Å². The van der Waals surface area contributed by atoms with Gasteiger partial charge in [-0.25, -0.2) is 0 Å². The molecule has 1 aliphatic heterocycles. The molecular weight excluding hydrogens is 140 g/mol. The van der Waals surface area contributed by atoms with Crippen molar-refractivity contribution in [2.75, 3.05) is 13.2 Å². The zero-order chi connectivity index (χ0) is 7.94. The molecule has 0 aliphatic carbocycles. The number of rotatable bonds is 2. The van der Waals surface area contributed by atoms with Crippen molar-refractivity contribution in [3.63, 3.8) is 0 Å². The minimum absolute atomic E-state index is 0.244. The molecule has 62 valence electrons. The first-order chi connectivity index (χ1) is 5.43. The van der Waals surface area contributed by atoms with E-state index in [2.05, 4.69) is 18.8 Å². The molecule has 0 aromatic rings. The SMILES string of the molecule is CCCCC#CC1OCCO1. The van der Waals surface area contributed by atoms with E-state index in [1.165, 1.54) is 12.8 Å². The highest BCUT2D eigenvalue weighted by molar-refractivity contribution is 5.02. The topological polar surface area (TPSA) is 18.5 Å². The molecule has 0 amide bonds. The van der Waals surface area contributed by atoms with Gasteiger partial charge in [0, 0.05) is 6.42 Å². The van der Waals surface area contributed by atoms with Gasteiger partial charge in [-0.2, -0.15) is 0 Å². The number of ether oxygens (including phenoxy) is 2. The molecule has 11 heavy (non-hydrogen) atoms. The third kappa shape index (κ3) is 3.41. The van der Waals surface area contributed by atoms with Gasteiger partial charge in [0.1, 0.15) is 0 Å². The first-order valence-corrected chi connectivity index (χ1v) is 4.15. The Bertz CT molecular complexity index is 149. The Balaban J connectivity index is 2.09. The second-order valence-electron chi connectivity index (χ2n) is 2.50. The predicted molar refractivity (Wildman–Crippen MR) is 43.0 cm³/mol. The van der Waals surface area contributed by atoms with Crippen LogP contribution >= 0.6 is 0 Å². The standard InChI is InChI=1S/C9H14O2/c1-2-3-4-5-6-9-10-7-8-11-9/h9H,2-4,7-8H2,1H3. The summed E-state index contributed by atoms with van der Waals surface area (Å²) < 4.78 is 10.3. The highest BCUT2D eigenvalue weighted by atomic mass is 16.7. The van der Waals surface area contributed by atoms with Gasteiger partial charge in [0.15, 0.2) is 0 Å². The lowest BCUT2D eigenvalue weighted by Crippen LogP contribution is -2.02. The van der Waals surface area contributed by atoms with Crippen molar-refractivity contribution in [2.45, 2.75) is 32.5 Å².